The molecule has 0 spiro atoms. The van der Waals surface area contributed by atoms with Gasteiger partial charge >= 0.3 is 0 Å². The van der Waals surface area contributed by atoms with Crippen LogP contribution in [0.4, 0.5) is 0 Å². The number of rotatable bonds is 6. The number of ether oxygens (including phenoxy) is 1. The number of benzene rings is 4. The Morgan fingerprint density at radius 2 is 0.875 bits per heavy atom. The molecule has 0 atom stereocenters. The van der Waals surface area contributed by atoms with Crippen LogP contribution >= 0.6 is 7.26 Å². The second kappa shape index (κ2) is 10.3. The fourth-order valence-electron chi connectivity index (χ4n) is 4.12. The standard InChI is InChI=1S/C29H30OP.ClH/c1-22-5-15-27(16-6-22)31(28-17-7-23(2)8-18-28,29-19-9-24(3)10-20-29)21-25-11-13-26(30-4)14-12-25;/h5-20H,21H2,1-4H3;1H/q+1;/p-1. The Labute approximate surface area is 199 Å². The molecule has 4 rings (SSSR count). The van der Waals surface area contributed by atoms with E-state index in [1.165, 1.54) is 38.2 Å². The smallest absolute Gasteiger partial charge is 0.118 e. The van der Waals surface area contributed by atoms with Crippen molar-refractivity contribution in [3.8, 4) is 5.75 Å². The van der Waals surface area contributed by atoms with Crippen LogP contribution in [-0.4, -0.2) is 7.11 Å². The second-order valence-electron chi connectivity index (χ2n) is 8.32. The van der Waals surface area contributed by atoms with Crippen molar-refractivity contribution in [2.24, 2.45) is 0 Å². The molecule has 0 saturated heterocycles. The Hall–Kier alpha value is -2.60. The minimum absolute atomic E-state index is 0. The van der Waals surface area contributed by atoms with E-state index in [9.17, 15) is 0 Å². The SMILES string of the molecule is COc1ccc(C[P+](c2ccc(C)cc2)(c2ccc(C)cc2)c2ccc(C)cc2)cc1.[Cl-]. The number of aryl methyl sites for hydroxylation is 3. The average Bonchev–Trinajstić information content (AvgIpc) is 2.80. The monoisotopic (exact) mass is 460 g/mol. The van der Waals surface area contributed by atoms with Gasteiger partial charge in [0, 0.05) is 0 Å². The summed E-state index contributed by atoms with van der Waals surface area (Å²) in [7, 11) is -0.180. The summed E-state index contributed by atoms with van der Waals surface area (Å²) in [5.41, 5.74) is 5.20. The molecule has 0 amide bonds. The van der Waals surface area contributed by atoms with Crippen molar-refractivity contribution >= 4 is 23.2 Å². The molecule has 0 aliphatic carbocycles. The van der Waals surface area contributed by atoms with Gasteiger partial charge in [0.2, 0.25) is 0 Å². The maximum atomic E-state index is 5.40. The van der Waals surface area contributed by atoms with Gasteiger partial charge in [0.25, 0.3) is 0 Å². The van der Waals surface area contributed by atoms with E-state index in [1.807, 2.05) is 0 Å². The molecule has 0 aliphatic rings. The summed E-state index contributed by atoms with van der Waals surface area (Å²) in [6.07, 6.45) is 0.978. The summed E-state index contributed by atoms with van der Waals surface area (Å²) in [5.74, 6) is 0.897. The summed E-state index contributed by atoms with van der Waals surface area (Å²) in [6, 6.07) is 36.1. The van der Waals surface area contributed by atoms with Crippen molar-refractivity contribution in [2.75, 3.05) is 7.11 Å². The maximum Gasteiger partial charge on any atom is 0.118 e. The highest BCUT2D eigenvalue weighted by atomic mass is 35.5. The number of hydrogen-bond donors (Lipinski definition) is 0. The van der Waals surface area contributed by atoms with Crippen molar-refractivity contribution in [3.63, 3.8) is 0 Å². The molecule has 0 bridgehead atoms. The zero-order valence-electron chi connectivity index (χ0n) is 19.2. The Morgan fingerprint density at radius 1 is 0.531 bits per heavy atom. The van der Waals surface area contributed by atoms with Crippen molar-refractivity contribution in [1.29, 1.82) is 0 Å². The molecular formula is C29H30ClOP. The summed E-state index contributed by atoms with van der Waals surface area (Å²) in [5, 5.41) is 4.25. The molecule has 4 aromatic rings. The highest BCUT2D eigenvalue weighted by Gasteiger charge is 2.45. The number of halogens is 1. The van der Waals surface area contributed by atoms with Gasteiger partial charge in [-0.3, -0.25) is 0 Å². The van der Waals surface area contributed by atoms with E-state index >= 15 is 0 Å². The molecule has 4 aromatic carbocycles. The fraction of sp³-hybridized carbons (Fsp3) is 0.172. The molecule has 1 nitrogen and oxygen atoms in total. The lowest BCUT2D eigenvalue weighted by atomic mass is 10.2. The normalized spacial score (nSPS) is 11.0. The molecule has 32 heavy (non-hydrogen) atoms. The molecule has 0 N–H and O–H groups in total. The lowest BCUT2D eigenvalue weighted by molar-refractivity contribution is -0.00000666. The molecule has 0 radical (unpaired) electrons. The Morgan fingerprint density at radius 3 is 1.19 bits per heavy atom. The molecule has 0 fully saturated rings. The van der Waals surface area contributed by atoms with Crippen LogP contribution in [0.15, 0.2) is 97.1 Å². The van der Waals surface area contributed by atoms with E-state index < -0.39 is 7.26 Å². The molecule has 3 heteroatoms. The van der Waals surface area contributed by atoms with E-state index in [1.54, 1.807) is 7.11 Å². The topological polar surface area (TPSA) is 9.23 Å². The van der Waals surface area contributed by atoms with Gasteiger partial charge < -0.3 is 17.1 Å². The third kappa shape index (κ3) is 4.90. The third-order valence-electron chi connectivity index (χ3n) is 6.00. The highest BCUT2D eigenvalue weighted by Crippen LogP contribution is 2.58. The predicted molar refractivity (Wildman–Crippen MR) is 136 cm³/mol. The van der Waals surface area contributed by atoms with E-state index in [-0.39, 0.29) is 12.4 Å². The Bertz CT molecular complexity index is 1020. The number of hydrogen-bond acceptors (Lipinski definition) is 1. The first-order chi connectivity index (χ1) is 15.0. The van der Waals surface area contributed by atoms with Crippen LogP contribution in [-0.2, 0) is 6.16 Å². The van der Waals surface area contributed by atoms with Crippen LogP contribution in [0.2, 0.25) is 0 Å². The van der Waals surface area contributed by atoms with E-state index in [0.717, 1.165) is 11.9 Å². The minimum Gasteiger partial charge on any atom is -1.00 e. The molecule has 0 saturated carbocycles. The summed E-state index contributed by atoms with van der Waals surface area (Å²) in [6.45, 7) is 6.47. The van der Waals surface area contributed by atoms with Crippen LogP contribution in [0.25, 0.3) is 0 Å². The first-order valence-electron chi connectivity index (χ1n) is 10.7. The molecule has 0 aromatic heterocycles. The van der Waals surface area contributed by atoms with Crippen LogP contribution in [0.5, 0.6) is 5.75 Å². The van der Waals surface area contributed by atoms with Crippen LogP contribution in [0.3, 0.4) is 0 Å². The van der Waals surface area contributed by atoms with Crippen molar-refractivity contribution in [2.45, 2.75) is 26.9 Å². The summed E-state index contributed by atoms with van der Waals surface area (Å²) >= 11 is 0. The van der Waals surface area contributed by atoms with Gasteiger partial charge in [-0.1, -0.05) is 65.2 Å². The first kappa shape index (κ1) is 24.1. The van der Waals surface area contributed by atoms with E-state index in [2.05, 4.69) is 118 Å². The van der Waals surface area contributed by atoms with Crippen molar-refractivity contribution in [3.05, 3.63) is 119 Å². The average molecular weight is 461 g/mol. The largest absolute Gasteiger partial charge is 1.00 e. The van der Waals surface area contributed by atoms with Crippen LogP contribution in [0, 0.1) is 20.8 Å². The van der Waals surface area contributed by atoms with Crippen molar-refractivity contribution in [1.82, 2.24) is 0 Å². The van der Waals surface area contributed by atoms with Gasteiger partial charge in [-0.15, -0.1) is 0 Å². The molecular weight excluding hydrogens is 431 g/mol. The molecule has 164 valence electrons. The van der Waals surface area contributed by atoms with Gasteiger partial charge in [-0.2, -0.15) is 0 Å². The number of methoxy groups -OCH3 is 1. The molecule has 0 aliphatic heterocycles. The Balaban J connectivity index is 0.00000289. The fourth-order valence-corrected chi connectivity index (χ4v) is 8.30. The quantitative estimate of drug-likeness (QED) is 0.402. The third-order valence-corrected chi connectivity index (χ3v) is 10.4. The van der Waals surface area contributed by atoms with Gasteiger partial charge in [0.1, 0.15) is 28.9 Å². The molecule has 0 unspecified atom stereocenters. The van der Waals surface area contributed by atoms with Gasteiger partial charge in [-0.25, -0.2) is 0 Å². The van der Waals surface area contributed by atoms with Crippen molar-refractivity contribution < 1.29 is 17.1 Å². The minimum atomic E-state index is -1.90. The summed E-state index contributed by atoms with van der Waals surface area (Å²) < 4.78 is 5.40. The highest BCUT2D eigenvalue weighted by molar-refractivity contribution is 7.95. The van der Waals surface area contributed by atoms with Gasteiger partial charge in [0.05, 0.1) is 13.3 Å². The van der Waals surface area contributed by atoms with E-state index in [4.69, 9.17) is 4.74 Å². The first-order valence-corrected chi connectivity index (χ1v) is 12.7. The second-order valence-corrected chi connectivity index (χ2v) is 11.8. The van der Waals surface area contributed by atoms with E-state index in [0.29, 0.717) is 0 Å². The van der Waals surface area contributed by atoms with Gasteiger partial charge in [0.15, 0.2) is 0 Å². The zero-order chi connectivity index (χ0) is 21.8. The lowest BCUT2D eigenvalue weighted by Gasteiger charge is -2.28. The predicted octanol–water partition coefficient (Wildman–Crippen LogP) is 3.12. The van der Waals surface area contributed by atoms with Crippen LogP contribution in [0.1, 0.15) is 22.3 Å². The Kier molecular flexibility index (Phi) is 7.77. The maximum absolute atomic E-state index is 5.40. The van der Waals surface area contributed by atoms with Crippen LogP contribution < -0.4 is 33.1 Å². The van der Waals surface area contributed by atoms with Gasteiger partial charge in [-0.05, 0) is 74.9 Å². The zero-order valence-corrected chi connectivity index (χ0v) is 20.8. The lowest BCUT2D eigenvalue weighted by Crippen LogP contribution is -3.00. The molecule has 0 heterocycles. The summed E-state index contributed by atoms with van der Waals surface area (Å²) in [4.78, 5) is 0.